The van der Waals surface area contributed by atoms with E-state index in [4.69, 9.17) is 4.74 Å². The van der Waals surface area contributed by atoms with Crippen molar-refractivity contribution in [2.45, 2.75) is 32.6 Å². The number of carbonyl (C=O) groups excluding carboxylic acids is 1. The van der Waals surface area contributed by atoms with Gasteiger partial charge in [0.25, 0.3) is 5.91 Å². The number of benzene rings is 1. The predicted octanol–water partition coefficient (Wildman–Crippen LogP) is 2.83. The average Bonchev–Trinajstić information content (AvgIpc) is 2.97. The molecule has 2 aromatic rings. The smallest absolute Gasteiger partial charge is 0.278 e. The van der Waals surface area contributed by atoms with E-state index in [0.29, 0.717) is 11.8 Å². The fourth-order valence-electron chi connectivity index (χ4n) is 2.94. The summed E-state index contributed by atoms with van der Waals surface area (Å²) in [6, 6.07) is 7.86. The highest BCUT2D eigenvalue weighted by Gasteiger charge is 2.14. The topological polar surface area (TPSA) is 79.7 Å². The Bertz CT molecular complexity index is 835. The second kappa shape index (κ2) is 9.77. The molecule has 0 spiro atoms. The summed E-state index contributed by atoms with van der Waals surface area (Å²) in [4.78, 5) is 23.0. The highest BCUT2D eigenvalue weighted by molar-refractivity contribution is 5.83. The van der Waals surface area contributed by atoms with Gasteiger partial charge in [-0.3, -0.25) is 4.79 Å². The summed E-state index contributed by atoms with van der Waals surface area (Å²) in [5.74, 6) is 0.115. The van der Waals surface area contributed by atoms with Gasteiger partial charge in [0.2, 0.25) is 11.8 Å². The first-order chi connectivity index (χ1) is 13.6. The minimum atomic E-state index is -0.458. The van der Waals surface area contributed by atoms with E-state index in [1.807, 2.05) is 6.92 Å². The lowest BCUT2D eigenvalue weighted by molar-refractivity contribution is -0.123. The van der Waals surface area contributed by atoms with Crippen LogP contribution in [0.3, 0.4) is 0 Å². The van der Waals surface area contributed by atoms with Crippen molar-refractivity contribution in [3.63, 3.8) is 0 Å². The molecule has 1 saturated heterocycles. The molecule has 3 rings (SSSR count). The number of hydrogen-bond acceptors (Lipinski definition) is 6. The van der Waals surface area contributed by atoms with Gasteiger partial charge in [-0.2, -0.15) is 10.1 Å². The van der Waals surface area contributed by atoms with Gasteiger partial charge in [-0.15, -0.1) is 0 Å². The number of amides is 1. The fourth-order valence-corrected chi connectivity index (χ4v) is 2.94. The van der Waals surface area contributed by atoms with Crippen LogP contribution in [0.4, 0.5) is 10.3 Å². The van der Waals surface area contributed by atoms with Crippen LogP contribution in [0.15, 0.2) is 35.4 Å². The van der Waals surface area contributed by atoms with Crippen LogP contribution in [0.1, 0.15) is 36.9 Å². The molecule has 1 N–H and O–H groups in total. The summed E-state index contributed by atoms with van der Waals surface area (Å²) in [6.07, 6.45) is 5.93. The lowest BCUT2D eigenvalue weighted by Gasteiger charge is -2.20. The zero-order chi connectivity index (χ0) is 19.8. The molecule has 8 heteroatoms. The van der Waals surface area contributed by atoms with Gasteiger partial charge < -0.3 is 9.64 Å². The number of carbonyl (C=O) groups is 1. The molecule has 0 bridgehead atoms. The van der Waals surface area contributed by atoms with Crippen LogP contribution in [0, 0.1) is 12.7 Å². The van der Waals surface area contributed by atoms with Gasteiger partial charge in [0.1, 0.15) is 5.82 Å². The van der Waals surface area contributed by atoms with Gasteiger partial charge >= 0.3 is 0 Å². The number of nitrogens with one attached hydrogen (secondary N) is 1. The molecule has 1 aromatic carbocycles. The van der Waals surface area contributed by atoms with Crippen LogP contribution in [-0.4, -0.2) is 41.8 Å². The van der Waals surface area contributed by atoms with E-state index in [-0.39, 0.29) is 12.2 Å². The van der Waals surface area contributed by atoms with E-state index in [1.54, 1.807) is 24.3 Å². The van der Waals surface area contributed by atoms with Crippen molar-refractivity contribution in [1.82, 2.24) is 15.4 Å². The third kappa shape index (κ3) is 5.73. The molecule has 1 aliphatic heterocycles. The molecule has 2 heterocycles. The first kappa shape index (κ1) is 19.7. The standard InChI is InChI=1S/C20H24FN5O2/c1-15-12-19(24-20(23-15)26-10-6-2-3-7-11-26)28-14-18(27)25-22-13-16-8-4-5-9-17(16)21/h4-5,8-9,12-13H,2-3,6-7,10-11,14H2,1H3,(H,25,27). The summed E-state index contributed by atoms with van der Waals surface area (Å²) in [5.41, 5.74) is 3.38. The number of anilines is 1. The minimum Gasteiger partial charge on any atom is -0.467 e. The van der Waals surface area contributed by atoms with Crippen LogP contribution >= 0.6 is 0 Å². The third-order valence-electron chi connectivity index (χ3n) is 4.36. The van der Waals surface area contributed by atoms with E-state index in [1.165, 1.54) is 25.1 Å². The Morgan fingerprint density at radius 1 is 1.25 bits per heavy atom. The van der Waals surface area contributed by atoms with Crippen molar-refractivity contribution in [2.24, 2.45) is 5.10 Å². The summed E-state index contributed by atoms with van der Waals surface area (Å²) in [6.45, 7) is 3.47. The van der Waals surface area contributed by atoms with Crippen molar-refractivity contribution in [2.75, 3.05) is 24.6 Å². The largest absolute Gasteiger partial charge is 0.467 e. The molecule has 7 nitrogen and oxygen atoms in total. The van der Waals surface area contributed by atoms with E-state index >= 15 is 0 Å². The highest BCUT2D eigenvalue weighted by Crippen LogP contribution is 2.19. The molecule has 0 aliphatic carbocycles. The molecule has 0 radical (unpaired) electrons. The van der Waals surface area contributed by atoms with Gasteiger partial charge in [-0.1, -0.05) is 31.0 Å². The zero-order valence-corrected chi connectivity index (χ0v) is 15.9. The Labute approximate surface area is 163 Å². The number of ether oxygens (including phenoxy) is 1. The Morgan fingerprint density at radius 3 is 2.75 bits per heavy atom. The number of hydrazone groups is 1. The van der Waals surface area contributed by atoms with Gasteiger partial charge in [0.05, 0.1) is 6.21 Å². The Morgan fingerprint density at radius 2 is 2.00 bits per heavy atom. The summed E-state index contributed by atoms with van der Waals surface area (Å²) in [5, 5.41) is 3.75. The third-order valence-corrected chi connectivity index (χ3v) is 4.36. The predicted molar refractivity (Wildman–Crippen MR) is 105 cm³/mol. The first-order valence-corrected chi connectivity index (χ1v) is 9.42. The number of aryl methyl sites for hydroxylation is 1. The van der Waals surface area contributed by atoms with Crippen molar-refractivity contribution in [1.29, 1.82) is 0 Å². The van der Waals surface area contributed by atoms with Crippen molar-refractivity contribution < 1.29 is 13.9 Å². The number of aromatic nitrogens is 2. The first-order valence-electron chi connectivity index (χ1n) is 9.42. The Hall–Kier alpha value is -3.03. The Kier molecular flexibility index (Phi) is 6.89. The zero-order valence-electron chi connectivity index (χ0n) is 15.9. The molecule has 1 fully saturated rings. The van der Waals surface area contributed by atoms with Gasteiger partial charge in [0, 0.05) is 30.4 Å². The van der Waals surface area contributed by atoms with E-state index in [0.717, 1.165) is 31.6 Å². The van der Waals surface area contributed by atoms with Crippen molar-refractivity contribution >= 4 is 18.1 Å². The molecule has 0 saturated carbocycles. The fraction of sp³-hybridized carbons (Fsp3) is 0.400. The second-order valence-corrected chi connectivity index (χ2v) is 6.65. The lowest BCUT2D eigenvalue weighted by Crippen LogP contribution is -2.27. The molecule has 0 unspecified atom stereocenters. The van der Waals surface area contributed by atoms with Crippen LogP contribution in [-0.2, 0) is 4.79 Å². The molecule has 1 amide bonds. The molecule has 148 valence electrons. The summed E-state index contributed by atoms with van der Waals surface area (Å²) >= 11 is 0. The monoisotopic (exact) mass is 385 g/mol. The van der Waals surface area contributed by atoms with E-state index < -0.39 is 11.7 Å². The van der Waals surface area contributed by atoms with E-state index in [2.05, 4.69) is 25.4 Å². The van der Waals surface area contributed by atoms with Crippen LogP contribution in [0.25, 0.3) is 0 Å². The second-order valence-electron chi connectivity index (χ2n) is 6.65. The molecular formula is C20H24FN5O2. The molecule has 1 aromatic heterocycles. The lowest BCUT2D eigenvalue weighted by atomic mass is 10.2. The highest BCUT2D eigenvalue weighted by atomic mass is 19.1. The van der Waals surface area contributed by atoms with Gasteiger partial charge in [-0.05, 0) is 25.8 Å². The SMILES string of the molecule is Cc1cc(OCC(=O)NN=Cc2ccccc2F)nc(N2CCCCCC2)n1. The molecule has 1 aliphatic rings. The molecule has 0 atom stereocenters. The van der Waals surface area contributed by atoms with Crippen molar-refractivity contribution in [3.8, 4) is 5.88 Å². The number of rotatable bonds is 6. The quantitative estimate of drug-likeness (QED) is 0.611. The van der Waals surface area contributed by atoms with Crippen LogP contribution in [0.2, 0.25) is 0 Å². The maximum Gasteiger partial charge on any atom is 0.278 e. The maximum atomic E-state index is 13.5. The number of nitrogens with zero attached hydrogens (tertiary/aromatic N) is 4. The average molecular weight is 385 g/mol. The summed E-state index contributed by atoms with van der Waals surface area (Å²) in [7, 11) is 0. The van der Waals surface area contributed by atoms with Gasteiger partial charge in [0.15, 0.2) is 6.61 Å². The maximum absolute atomic E-state index is 13.5. The normalized spacial score (nSPS) is 14.7. The van der Waals surface area contributed by atoms with Gasteiger partial charge in [-0.25, -0.2) is 14.8 Å². The van der Waals surface area contributed by atoms with E-state index in [9.17, 15) is 9.18 Å². The number of hydrogen-bond donors (Lipinski definition) is 1. The Balaban J connectivity index is 1.55. The number of halogens is 1. The van der Waals surface area contributed by atoms with Crippen LogP contribution in [0.5, 0.6) is 5.88 Å². The molecule has 28 heavy (non-hydrogen) atoms. The summed E-state index contributed by atoms with van der Waals surface area (Å²) < 4.78 is 19.0. The van der Waals surface area contributed by atoms with Crippen LogP contribution < -0.4 is 15.1 Å². The molecular weight excluding hydrogens is 361 g/mol. The van der Waals surface area contributed by atoms with Crippen molar-refractivity contribution in [3.05, 3.63) is 47.4 Å². The minimum absolute atomic E-state index is 0.246.